The van der Waals surface area contributed by atoms with Crippen LogP contribution in [0.1, 0.15) is 89.0 Å². The highest BCUT2D eigenvalue weighted by Gasteiger charge is 2.82. The molecule has 0 heterocycles. The lowest BCUT2D eigenvalue weighted by Crippen LogP contribution is -2.84. The first-order chi connectivity index (χ1) is 20.6. The zero-order valence-electron chi connectivity index (χ0n) is 28.3. The van der Waals surface area contributed by atoms with E-state index in [-0.39, 0.29) is 66.1 Å². The first-order valence-corrected chi connectivity index (χ1v) is 17.1. The molecule has 0 spiro atoms. The Bertz CT molecular complexity index is 725. The van der Waals surface area contributed by atoms with Crippen molar-refractivity contribution in [2.45, 2.75) is 118 Å². The molecule has 0 aliphatic heterocycles. The van der Waals surface area contributed by atoms with Crippen molar-refractivity contribution < 1.29 is 66.2 Å². The maximum Gasteiger partial charge on any atom is 0.506 e. The van der Waals surface area contributed by atoms with Crippen LogP contribution in [0, 0.1) is 0 Å². The van der Waals surface area contributed by atoms with Gasteiger partial charge in [-0.2, -0.15) is 0 Å². The monoisotopic (exact) mass is 650 g/mol. The van der Waals surface area contributed by atoms with E-state index in [1.165, 1.54) is 6.92 Å². The molecule has 0 amide bonds. The third kappa shape index (κ3) is 9.39. The molecule has 43 heavy (non-hydrogen) atoms. The molecule has 0 bridgehead atoms. The van der Waals surface area contributed by atoms with Gasteiger partial charge in [-0.1, -0.05) is 13.3 Å². The van der Waals surface area contributed by atoms with Gasteiger partial charge in [0, 0.05) is 59.5 Å². The van der Waals surface area contributed by atoms with Crippen molar-refractivity contribution in [1.29, 1.82) is 0 Å². The second kappa shape index (κ2) is 21.5. The summed E-state index contributed by atoms with van der Waals surface area (Å²) in [5.41, 5.74) is 0. The van der Waals surface area contributed by atoms with Crippen LogP contribution in [0.15, 0.2) is 0 Å². The molecule has 15 heteroatoms. The van der Waals surface area contributed by atoms with E-state index in [0.717, 1.165) is 0 Å². The second-order valence-electron chi connectivity index (χ2n) is 8.69. The Morgan fingerprint density at radius 3 is 1.30 bits per heavy atom. The Hall–Kier alpha value is -0.290. The average molecular weight is 651 g/mol. The van der Waals surface area contributed by atoms with Crippen LogP contribution in [0.4, 0.5) is 0 Å². The Balaban J connectivity index is 8.68. The van der Waals surface area contributed by atoms with E-state index >= 15 is 0 Å². The van der Waals surface area contributed by atoms with Crippen LogP contribution in [0.2, 0.25) is 0 Å². The lowest BCUT2D eigenvalue weighted by Gasteiger charge is -2.60. The van der Waals surface area contributed by atoms with E-state index in [1.807, 2.05) is 13.8 Å². The molecule has 2 atom stereocenters. The minimum Gasteiger partial charge on any atom is -0.373 e. The molecule has 0 saturated carbocycles. The molecule has 0 aromatic rings. The summed E-state index contributed by atoms with van der Waals surface area (Å²) in [5.74, 6) is -9.40. The molecule has 260 valence electrons. The standard InChI is InChI=1S/C28H59O14P/c1-12-23-24(31-13-2)25(32-14-3,33-15-4)26(34-16-5,35-17-6)27(36-18-7,37-19-8)28(38-20-9,39-21-10)41-43(30,42-29)40-22-11/h24,29H,12-23H2,1-11H3. The van der Waals surface area contributed by atoms with Gasteiger partial charge in [0.25, 0.3) is 11.6 Å². The minimum atomic E-state index is -4.84. The predicted molar refractivity (Wildman–Crippen MR) is 158 cm³/mol. The summed E-state index contributed by atoms with van der Waals surface area (Å²) in [5, 5.41) is 9.77. The van der Waals surface area contributed by atoms with Gasteiger partial charge in [0.2, 0.25) is 0 Å². The van der Waals surface area contributed by atoms with Crippen LogP contribution in [0.3, 0.4) is 0 Å². The summed E-state index contributed by atoms with van der Waals surface area (Å²) >= 11 is 0. The summed E-state index contributed by atoms with van der Waals surface area (Å²) in [7, 11) is -4.84. The van der Waals surface area contributed by atoms with E-state index in [9.17, 15) is 9.82 Å². The molecule has 0 saturated heterocycles. The first kappa shape index (κ1) is 42.7. The molecule has 0 aliphatic carbocycles. The van der Waals surface area contributed by atoms with Crippen molar-refractivity contribution in [2.75, 3.05) is 66.1 Å². The second-order valence-corrected chi connectivity index (χ2v) is 10.2. The van der Waals surface area contributed by atoms with Crippen molar-refractivity contribution in [3.63, 3.8) is 0 Å². The average Bonchev–Trinajstić information content (AvgIpc) is 2.96. The number of hydrogen-bond acceptors (Lipinski definition) is 14. The van der Waals surface area contributed by atoms with Gasteiger partial charge in [-0.15, -0.1) is 4.67 Å². The van der Waals surface area contributed by atoms with Crippen molar-refractivity contribution in [3.8, 4) is 0 Å². The molecular weight excluding hydrogens is 591 g/mol. The SMILES string of the molecule is CCCC(OCC)C(OCC)(OCC)C(OCC)(OCC)C(OCC)(OCC)C(OCC)(OCC)OP(=O)(OO)OCC. The minimum absolute atomic E-state index is 0.00270. The van der Waals surface area contributed by atoms with Gasteiger partial charge in [-0.05, 0) is 75.7 Å². The van der Waals surface area contributed by atoms with Crippen molar-refractivity contribution >= 4 is 7.82 Å². The van der Waals surface area contributed by atoms with E-state index in [2.05, 4.69) is 4.67 Å². The molecule has 0 aromatic carbocycles. The highest BCUT2D eigenvalue weighted by atomic mass is 31.2. The fourth-order valence-corrected chi connectivity index (χ4v) is 6.06. The molecule has 0 fully saturated rings. The van der Waals surface area contributed by atoms with Crippen LogP contribution < -0.4 is 0 Å². The zero-order valence-corrected chi connectivity index (χ0v) is 29.2. The zero-order chi connectivity index (χ0) is 33.0. The number of ether oxygens (including phenoxy) is 9. The maximum absolute atomic E-state index is 13.7. The van der Waals surface area contributed by atoms with Crippen LogP contribution in [0.5, 0.6) is 0 Å². The summed E-state index contributed by atoms with van der Waals surface area (Å²) in [6, 6.07) is 0. The lowest BCUT2D eigenvalue weighted by atomic mass is 9.86. The third-order valence-corrected chi connectivity index (χ3v) is 7.27. The van der Waals surface area contributed by atoms with Gasteiger partial charge >= 0.3 is 19.6 Å². The van der Waals surface area contributed by atoms with Crippen molar-refractivity contribution in [3.05, 3.63) is 0 Å². The molecule has 14 nitrogen and oxygen atoms in total. The summed E-state index contributed by atoms with van der Waals surface area (Å²) in [4.78, 5) is 0. The Morgan fingerprint density at radius 1 is 0.558 bits per heavy atom. The topological polar surface area (TPSA) is 148 Å². The van der Waals surface area contributed by atoms with E-state index in [4.69, 9.17) is 51.7 Å². The van der Waals surface area contributed by atoms with Crippen molar-refractivity contribution in [1.82, 2.24) is 0 Å². The Morgan fingerprint density at radius 2 is 0.977 bits per heavy atom. The molecular formula is C28H59O14P. The lowest BCUT2D eigenvalue weighted by molar-refractivity contribution is -0.579. The molecule has 0 aliphatic rings. The van der Waals surface area contributed by atoms with E-state index in [1.54, 1.807) is 55.4 Å². The summed E-state index contributed by atoms with van der Waals surface area (Å²) < 4.78 is 87.3. The van der Waals surface area contributed by atoms with Gasteiger partial charge in [0.05, 0.1) is 6.61 Å². The molecule has 2 unspecified atom stereocenters. The van der Waals surface area contributed by atoms with Crippen LogP contribution in [-0.4, -0.2) is 101 Å². The van der Waals surface area contributed by atoms with Crippen LogP contribution in [0.25, 0.3) is 0 Å². The van der Waals surface area contributed by atoms with Crippen LogP contribution in [-0.2, 0) is 60.9 Å². The maximum atomic E-state index is 13.7. The van der Waals surface area contributed by atoms with Crippen LogP contribution >= 0.6 is 7.82 Å². The third-order valence-electron chi connectivity index (χ3n) is 6.03. The number of hydrogen-bond donors (Lipinski definition) is 1. The van der Waals surface area contributed by atoms with Gasteiger partial charge in [0.15, 0.2) is 0 Å². The Kier molecular flexibility index (Phi) is 21.3. The quantitative estimate of drug-likeness (QED) is 0.0445. The predicted octanol–water partition coefficient (Wildman–Crippen LogP) is 5.88. The van der Waals surface area contributed by atoms with E-state index in [0.29, 0.717) is 12.8 Å². The fraction of sp³-hybridized carbons (Fsp3) is 1.00. The largest absolute Gasteiger partial charge is 0.506 e. The first-order valence-electron chi connectivity index (χ1n) is 15.6. The molecule has 1 N–H and O–H groups in total. The number of phosphoric acid groups is 1. The normalized spacial score (nSPS) is 15.5. The summed E-state index contributed by atoms with van der Waals surface area (Å²) in [6.07, 6.45) is 0.251. The van der Waals surface area contributed by atoms with Gasteiger partial charge in [0.1, 0.15) is 6.10 Å². The molecule has 0 radical (unpaired) electrons. The van der Waals surface area contributed by atoms with Gasteiger partial charge < -0.3 is 42.6 Å². The molecule has 0 aromatic heterocycles. The Labute approximate surface area is 258 Å². The van der Waals surface area contributed by atoms with Gasteiger partial charge in [-0.25, -0.2) is 14.3 Å². The smallest absolute Gasteiger partial charge is 0.373 e. The molecule has 0 rings (SSSR count). The number of phosphoric ester groups is 1. The van der Waals surface area contributed by atoms with Gasteiger partial charge in [-0.3, -0.25) is 4.52 Å². The highest BCUT2D eigenvalue weighted by molar-refractivity contribution is 7.48. The van der Waals surface area contributed by atoms with Crippen molar-refractivity contribution in [2.24, 2.45) is 0 Å². The fourth-order valence-electron chi connectivity index (χ4n) is 5.09. The highest BCUT2D eigenvalue weighted by Crippen LogP contribution is 2.60. The summed E-state index contributed by atoms with van der Waals surface area (Å²) in [6.45, 7) is 19.1. The van der Waals surface area contributed by atoms with E-state index < -0.39 is 37.3 Å². The number of rotatable bonds is 29.